The maximum atomic E-state index is 11.9. The van der Waals surface area contributed by atoms with Gasteiger partial charge in [-0.15, -0.1) is 0 Å². The van der Waals surface area contributed by atoms with Gasteiger partial charge in [0.05, 0.1) is 17.1 Å². The SMILES string of the molecule is Cc1c(-c2cc(C(C)(C)C)nn2C)ccc(-n2[nH]c(=O)[nH]c2=O)c1C. The minimum atomic E-state index is -0.521. The van der Waals surface area contributed by atoms with E-state index in [4.69, 9.17) is 0 Å². The maximum Gasteiger partial charge on any atom is 0.349 e. The van der Waals surface area contributed by atoms with Gasteiger partial charge in [0.15, 0.2) is 0 Å². The monoisotopic (exact) mass is 341 g/mol. The first-order valence-corrected chi connectivity index (χ1v) is 8.16. The van der Waals surface area contributed by atoms with Crippen molar-refractivity contribution in [1.82, 2.24) is 24.5 Å². The second-order valence-electron chi connectivity index (χ2n) is 7.38. The molecule has 2 N–H and O–H groups in total. The van der Waals surface area contributed by atoms with Crippen molar-refractivity contribution in [2.24, 2.45) is 7.05 Å². The molecule has 0 saturated carbocycles. The lowest BCUT2D eigenvalue weighted by atomic mass is 9.91. The first-order valence-electron chi connectivity index (χ1n) is 8.16. The van der Waals surface area contributed by atoms with Crippen molar-refractivity contribution in [2.45, 2.75) is 40.0 Å². The van der Waals surface area contributed by atoms with Crippen molar-refractivity contribution in [3.05, 3.63) is 56.0 Å². The van der Waals surface area contributed by atoms with Gasteiger partial charge < -0.3 is 0 Å². The molecule has 0 aliphatic carbocycles. The van der Waals surface area contributed by atoms with Crippen molar-refractivity contribution in [3.63, 3.8) is 0 Å². The average Bonchev–Trinajstić information content (AvgIpc) is 3.04. The topological polar surface area (TPSA) is 88.5 Å². The predicted molar refractivity (Wildman–Crippen MR) is 97.4 cm³/mol. The summed E-state index contributed by atoms with van der Waals surface area (Å²) in [6, 6.07) is 5.90. The molecule has 3 rings (SSSR count). The van der Waals surface area contributed by atoms with E-state index in [1.165, 1.54) is 4.68 Å². The zero-order chi connectivity index (χ0) is 18.5. The molecule has 1 aromatic carbocycles. The average molecular weight is 341 g/mol. The summed E-state index contributed by atoms with van der Waals surface area (Å²) < 4.78 is 3.12. The first kappa shape index (κ1) is 17.0. The number of nitrogens with one attached hydrogen (secondary N) is 2. The Kier molecular flexibility index (Phi) is 3.82. The molecule has 132 valence electrons. The Hall–Kier alpha value is -2.83. The van der Waals surface area contributed by atoms with Gasteiger partial charge in [-0.1, -0.05) is 26.8 Å². The highest BCUT2D eigenvalue weighted by molar-refractivity contribution is 5.69. The molecule has 3 aromatic rings. The fraction of sp³-hybridized carbons (Fsp3) is 0.389. The van der Waals surface area contributed by atoms with Crippen molar-refractivity contribution in [1.29, 1.82) is 0 Å². The van der Waals surface area contributed by atoms with Crippen molar-refractivity contribution in [2.75, 3.05) is 0 Å². The third-order valence-electron chi connectivity index (χ3n) is 4.56. The lowest BCUT2D eigenvalue weighted by Crippen LogP contribution is -2.17. The van der Waals surface area contributed by atoms with Crippen LogP contribution < -0.4 is 11.4 Å². The molecular formula is C18H23N5O2. The maximum absolute atomic E-state index is 11.9. The first-order chi connectivity index (χ1) is 11.6. The van der Waals surface area contributed by atoms with Gasteiger partial charge in [0, 0.05) is 18.0 Å². The fourth-order valence-corrected chi connectivity index (χ4v) is 2.91. The molecule has 2 aromatic heterocycles. The van der Waals surface area contributed by atoms with Crippen LogP contribution in [-0.2, 0) is 12.5 Å². The zero-order valence-electron chi connectivity index (χ0n) is 15.4. The molecule has 0 unspecified atom stereocenters. The van der Waals surface area contributed by atoms with Crippen molar-refractivity contribution >= 4 is 0 Å². The molecule has 0 amide bonds. The van der Waals surface area contributed by atoms with E-state index in [-0.39, 0.29) is 5.41 Å². The van der Waals surface area contributed by atoms with Gasteiger partial charge in [-0.05, 0) is 37.1 Å². The summed E-state index contributed by atoms with van der Waals surface area (Å²) >= 11 is 0. The lowest BCUT2D eigenvalue weighted by Gasteiger charge is -2.14. The number of H-pyrrole nitrogens is 2. The Morgan fingerprint density at radius 1 is 1.08 bits per heavy atom. The minimum Gasteiger partial charge on any atom is -0.268 e. The van der Waals surface area contributed by atoms with E-state index < -0.39 is 11.4 Å². The third-order valence-corrected chi connectivity index (χ3v) is 4.56. The van der Waals surface area contributed by atoms with Gasteiger partial charge >= 0.3 is 11.4 Å². The molecule has 0 aliphatic heterocycles. The van der Waals surface area contributed by atoms with Crippen LogP contribution in [0.25, 0.3) is 16.9 Å². The number of aromatic nitrogens is 5. The van der Waals surface area contributed by atoms with E-state index in [1.54, 1.807) is 0 Å². The van der Waals surface area contributed by atoms with Gasteiger partial charge in [-0.25, -0.2) is 19.4 Å². The standard InChI is InChI=1S/C18H23N5O2/c1-10-11(2)13(23-17(25)19-16(24)21-23)8-7-12(10)14-9-15(18(3,4)5)20-22(14)6/h7-9H,1-6H3,(H2,19,21,24,25). The summed E-state index contributed by atoms with van der Waals surface area (Å²) in [5, 5.41) is 7.13. The summed E-state index contributed by atoms with van der Waals surface area (Å²) in [4.78, 5) is 25.5. The van der Waals surface area contributed by atoms with Crippen molar-refractivity contribution < 1.29 is 0 Å². The number of nitrogens with zero attached hydrogens (tertiary/aromatic N) is 3. The van der Waals surface area contributed by atoms with E-state index in [2.05, 4.69) is 42.0 Å². The summed E-state index contributed by atoms with van der Waals surface area (Å²) in [5.74, 6) is 0. The molecule has 0 atom stereocenters. The molecular weight excluding hydrogens is 318 g/mol. The molecule has 0 radical (unpaired) electrons. The van der Waals surface area contributed by atoms with Crippen LogP contribution in [-0.4, -0.2) is 24.5 Å². The second kappa shape index (κ2) is 5.61. The summed E-state index contributed by atoms with van der Waals surface area (Å²) in [7, 11) is 1.93. The van der Waals surface area contributed by atoms with Gasteiger partial charge in [-0.2, -0.15) is 5.10 Å². The van der Waals surface area contributed by atoms with Gasteiger partial charge in [0.2, 0.25) is 0 Å². The van der Waals surface area contributed by atoms with E-state index in [9.17, 15) is 9.59 Å². The van der Waals surface area contributed by atoms with Crippen LogP contribution in [0.4, 0.5) is 0 Å². The van der Waals surface area contributed by atoms with E-state index >= 15 is 0 Å². The van der Waals surface area contributed by atoms with Crippen LogP contribution in [0.15, 0.2) is 27.8 Å². The van der Waals surface area contributed by atoms with Crippen LogP contribution >= 0.6 is 0 Å². The molecule has 0 bridgehead atoms. The molecule has 25 heavy (non-hydrogen) atoms. The molecule has 2 heterocycles. The van der Waals surface area contributed by atoms with Crippen LogP contribution in [0.3, 0.4) is 0 Å². The zero-order valence-corrected chi connectivity index (χ0v) is 15.4. The van der Waals surface area contributed by atoms with E-state index in [0.29, 0.717) is 5.69 Å². The second-order valence-corrected chi connectivity index (χ2v) is 7.38. The molecule has 0 spiro atoms. The largest absolute Gasteiger partial charge is 0.349 e. The van der Waals surface area contributed by atoms with E-state index in [0.717, 1.165) is 28.1 Å². The van der Waals surface area contributed by atoms with Crippen LogP contribution in [0.1, 0.15) is 37.6 Å². The number of benzene rings is 1. The summed E-state index contributed by atoms with van der Waals surface area (Å²) in [6.45, 7) is 10.3. The Bertz CT molecular complexity index is 1060. The van der Waals surface area contributed by atoms with Crippen LogP contribution in [0.5, 0.6) is 0 Å². The number of aryl methyl sites for hydroxylation is 1. The molecule has 7 nitrogen and oxygen atoms in total. The normalized spacial score (nSPS) is 11.9. The Morgan fingerprint density at radius 3 is 2.28 bits per heavy atom. The fourth-order valence-electron chi connectivity index (χ4n) is 2.91. The summed E-state index contributed by atoms with van der Waals surface area (Å²) in [6.07, 6.45) is 0. The van der Waals surface area contributed by atoms with Gasteiger partial charge in [-0.3, -0.25) is 9.67 Å². The summed E-state index contributed by atoms with van der Waals surface area (Å²) in [5.41, 5.74) is 4.69. The molecule has 7 heteroatoms. The smallest absolute Gasteiger partial charge is 0.268 e. The third kappa shape index (κ3) is 2.86. The van der Waals surface area contributed by atoms with Gasteiger partial charge in [0.25, 0.3) is 0 Å². The van der Waals surface area contributed by atoms with Crippen molar-refractivity contribution in [3.8, 4) is 16.9 Å². The number of rotatable bonds is 2. The Balaban J connectivity index is 2.17. The minimum absolute atomic E-state index is 0.0309. The van der Waals surface area contributed by atoms with E-state index in [1.807, 2.05) is 37.7 Å². The number of hydrogen-bond donors (Lipinski definition) is 2. The van der Waals surface area contributed by atoms with Crippen LogP contribution in [0.2, 0.25) is 0 Å². The lowest BCUT2D eigenvalue weighted by molar-refractivity contribution is 0.553. The van der Waals surface area contributed by atoms with Gasteiger partial charge in [0.1, 0.15) is 0 Å². The highest BCUT2D eigenvalue weighted by atomic mass is 16.2. The number of hydrogen-bond acceptors (Lipinski definition) is 3. The molecule has 0 aliphatic rings. The highest BCUT2D eigenvalue weighted by Crippen LogP contribution is 2.31. The quantitative estimate of drug-likeness (QED) is 0.749. The number of aromatic amines is 2. The molecule has 0 fully saturated rings. The highest BCUT2D eigenvalue weighted by Gasteiger charge is 2.21. The Labute approximate surface area is 145 Å². The Morgan fingerprint density at radius 2 is 1.76 bits per heavy atom. The predicted octanol–water partition coefficient (Wildman–Crippen LogP) is 2.17. The van der Waals surface area contributed by atoms with Crippen LogP contribution in [0, 0.1) is 13.8 Å². The molecule has 0 saturated heterocycles.